The molecule has 102 valence electrons. The Labute approximate surface area is 125 Å². The fraction of sp³-hybridized carbons (Fsp3) is 0.312. The maximum absolute atomic E-state index is 5.42. The van der Waals surface area contributed by atoms with Crippen molar-refractivity contribution in [2.24, 2.45) is 10.9 Å². The third-order valence-electron chi connectivity index (χ3n) is 2.45. The van der Waals surface area contributed by atoms with Crippen LogP contribution >= 0.6 is 0 Å². The van der Waals surface area contributed by atoms with Crippen LogP contribution in [0.3, 0.4) is 0 Å². The summed E-state index contributed by atoms with van der Waals surface area (Å²) < 4.78 is 5.42. The van der Waals surface area contributed by atoms with E-state index in [0.29, 0.717) is 18.4 Å². The molecule has 0 radical (unpaired) electrons. The molecule has 0 aliphatic carbocycles. The summed E-state index contributed by atoms with van der Waals surface area (Å²) in [5.74, 6) is 1.15. The minimum atomic E-state index is 0. The van der Waals surface area contributed by atoms with E-state index in [9.17, 15) is 0 Å². The van der Waals surface area contributed by atoms with Crippen LogP contribution in [-0.2, 0) is 21.8 Å². The summed E-state index contributed by atoms with van der Waals surface area (Å²) in [6.45, 7) is 4.94. The molecule has 19 heavy (non-hydrogen) atoms. The fourth-order valence-corrected chi connectivity index (χ4v) is 1.37. The zero-order chi connectivity index (χ0) is 12.8. The molecule has 2 nitrogen and oxygen atoms in total. The number of rotatable bonds is 2. The summed E-state index contributed by atoms with van der Waals surface area (Å²) in [4.78, 5) is 4.42. The summed E-state index contributed by atoms with van der Waals surface area (Å²) >= 11 is 0. The Balaban J connectivity index is 0.000000256. The molecule has 0 fully saturated rings. The first-order chi connectivity index (χ1) is 8.77. The Morgan fingerprint density at radius 1 is 1.21 bits per heavy atom. The van der Waals surface area contributed by atoms with E-state index < -0.39 is 0 Å². The van der Waals surface area contributed by atoms with Crippen molar-refractivity contribution in [1.82, 2.24) is 0 Å². The van der Waals surface area contributed by atoms with Crippen molar-refractivity contribution < 1.29 is 21.8 Å². The van der Waals surface area contributed by atoms with Crippen molar-refractivity contribution in [3.05, 3.63) is 60.2 Å². The summed E-state index contributed by atoms with van der Waals surface area (Å²) in [5.41, 5.74) is 0.739. The predicted octanol–water partition coefficient (Wildman–Crippen LogP) is 2.01. The molecule has 0 unspecified atom stereocenters. The Morgan fingerprint density at radius 3 is 2.26 bits per heavy atom. The summed E-state index contributed by atoms with van der Waals surface area (Å²) in [7, 11) is 0. The van der Waals surface area contributed by atoms with E-state index in [2.05, 4.69) is 67.4 Å². The van der Waals surface area contributed by atoms with Crippen LogP contribution in [0.15, 0.2) is 11.1 Å². The van der Waals surface area contributed by atoms with Gasteiger partial charge in [0.15, 0.2) is 0 Å². The molecular formula is C16H11FeNO-8. The molecule has 0 saturated heterocycles. The van der Waals surface area contributed by atoms with Crippen LogP contribution in [0.5, 0.6) is 0 Å². The minimum absolute atomic E-state index is 0. The second-order valence-corrected chi connectivity index (χ2v) is 4.11. The second kappa shape index (κ2) is 7.98. The average Bonchev–Trinajstić information content (AvgIpc) is 3.14. The molecule has 0 spiro atoms. The van der Waals surface area contributed by atoms with E-state index in [1.165, 1.54) is 0 Å². The zero-order valence-electron chi connectivity index (χ0n) is 10.6. The van der Waals surface area contributed by atoms with Crippen LogP contribution in [0.4, 0.5) is 0 Å². The van der Waals surface area contributed by atoms with Gasteiger partial charge in [0, 0.05) is 0 Å². The van der Waals surface area contributed by atoms with E-state index in [-0.39, 0.29) is 23.1 Å². The van der Waals surface area contributed by atoms with E-state index >= 15 is 0 Å². The Kier molecular flexibility index (Phi) is 6.61. The van der Waals surface area contributed by atoms with Crippen molar-refractivity contribution in [3.63, 3.8) is 0 Å². The Morgan fingerprint density at radius 2 is 1.84 bits per heavy atom. The number of aliphatic imine (C=N–C) groups is 1. The van der Waals surface area contributed by atoms with Gasteiger partial charge in [-0.25, -0.2) is 5.90 Å². The Bertz CT molecular complexity index is 440. The van der Waals surface area contributed by atoms with Crippen LogP contribution < -0.4 is 0 Å². The quantitative estimate of drug-likeness (QED) is 0.612. The zero-order valence-corrected chi connectivity index (χ0v) is 11.8. The van der Waals surface area contributed by atoms with Crippen LogP contribution in [0.2, 0.25) is 0 Å². The van der Waals surface area contributed by atoms with Crippen LogP contribution in [-0.4, -0.2) is 18.5 Å². The second-order valence-electron chi connectivity index (χ2n) is 4.11. The van der Waals surface area contributed by atoms with Gasteiger partial charge in [0.1, 0.15) is 0 Å². The topological polar surface area (TPSA) is 21.6 Å². The van der Waals surface area contributed by atoms with Gasteiger partial charge in [0.05, 0.1) is 12.6 Å². The number of ether oxygens (including phenoxy) is 1. The molecule has 3 heteroatoms. The van der Waals surface area contributed by atoms with Gasteiger partial charge in [-0.3, -0.25) is 0 Å². The Hall–Kier alpha value is -1.31. The maximum Gasteiger partial charge on any atom is 2.00 e. The van der Waals surface area contributed by atoms with Crippen LogP contribution in [0, 0.1) is 54.4 Å². The van der Waals surface area contributed by atoms with Gasteiger partial charge in [-0.15, -0.1) is 0 Å². The molecule has 1 aliphatic heterocycles. The molecule has 3 rings (SSSR count). The van der Waals surface area contributed by atoms with E-state index in [1.807, 2.05) is 0 Å². The van der Waals surface area contributed by atoms with Gasteiger partial charge >= 0.3 is 17.1 Å². The van der Waals surface area contributed by atoms with Crippen molar-refractivity contribution in [2.75, 3.05) is 6.61 Å². The van der Waals surface area contributed by atoms with Gasteiger partial charge < -0.3 is 69.9 Å². The molecule has 0 bridgehead atoms. The first kappa shape index (κ1) is 15.7. The first-order valence-electron chi connectivity index (χ1n) is 5.70. The first-order valence-corrected chi connectivity index (χ1v) is 5.70. The maximum atomic E-state index is 5.42. The molecule has 1 heterocycles. The average molecular weight is 289 g/mol. The molecule has 0 amide bonds. The smallest absolute Gasteiger partial charge is 0.999 e. The molecule has 0 N–H and O–H groups in total. The van der Waals surface area contributed by atoms with Crippen molar-refractivity contribution in [1.29, 1.82) is 0 Å². The summed E-state index contributed by atoms with van der Waals surface area (Å²) in [6, 6.07) is 23.3. The third kappa shape index (κ3) is 4.70. The SMILES string of the molecule is CC(C)[C@@H]1COC([c-]2[c-][c-][c-][c-]2)=N1.[Fe+2].[c-]1[c-][c-][cH-][c-]1. The monoisotopic (exact) mass is 289 g/mol. The summed E-state index contributed by atoms with van der Waals surface area (Å²) in [6.07, 6.45) is 0. The van der Waals surface area contributed by atoms with E-state index in [0.717, 1.165) is 5.56 Å². The predicted molar refractivity (Wildman–Crippen MR) is 65.9 cm³/mol. The number of nitrogens with zero attached hydrogens (tertiary/aromatic N) is 1. The van der Waals surface area contributed by atoms with E-state index in [4.69, 9.17) is 4.74 Å². The van der Waals surface area contributed by atoms with Gasteiger partial charge in [-0.05, 0) is 5.92 Å². The largest absolute Gasteiger partial charge is 2.00 e. The van der Waals surface area contributed by atoms with Crippen LogP contribution in [0.25, 0.3) is 0 Å². The molecule has 2 aromatic rings. The molecular weight excluding hydrogens is 278 g/mol. The molecule has 1 aliphatic rings. The van der Waals surface area contributed by atoms with Gasteiger partial charge in [-0.2, -0.15) is 0 Å². The minimum Gasteiger partial charge on any atom is -0.999 e. The van der Waals surface area contributed by atoms with Crippen LogP contribution in [0.1, 0.15) is 19.4 Å². The number of hydrogen-bond acceptors (Lipinski definition) is 2. The van der Waals surface area contributed by atoms with Gasteiger partial charge in [0.2, 0.25) is 0 Å². The summed E-state index contributed by atoms with van der Waals surface area (Å²) in [5, 5.41) is 0. The van der Waals surface area contributed by atoms with Crippen molar-refractivity contribution in [3.8, 4) is 0 Å². The molecule has 0 saturated carbocycles. The third-order valence-corrected chi connectivity index (χ3v) is 2.45. The normalized spacial score (nSPS) is 17.0. The standard InChI is InChI=1S/C11H10NO.C5H.Fe/c1-8(2)10-7-13-11(12-10)9-5-3-4-6-9;1-2-4-5-3-1;/h8,10H,7H2,1-2H3;1H;/q2*-5;+2/t10-;;/m0../s1. The fourth-order valence-electron chi connectivity index (χ4n) is 1.37. The van der Waals surface area contributed by atoms with Gasteiger partial charge in [-0.1, -0.05) is 13.8 Å². The molecule has 1 atom stereocenters. The van der Waals surface area contributed by atoms with Crippen molar-refractivity contribution >= 4 is 5.90 Å². The van der Waals surface area contributed by atoms with E-state index in [1.54, 1.807) is 6.07 Å². The van der Waals surface area contributed by atoms with Gasteiger partial charge in [0.25, 0.3) is 0 Å². The molecule has 0 aromatic heterocycles. The van der Waals surface area contributed by atoms with Crippen molar-refractivity contribution in [2.45, 2.75) is 19.9 Å². The molecule has 2 aromatic carbocycles. The number of hydrogen-bond donors (Lipinski definition) is 0.